The SMILES string of the molecule is O=C(Cn1ccc(-c2nccs2)n1)N(Cc1ccco1)C12CC3CC(CC(C3)C1)C2. The Morgan fingerprint density at radius 2 is 1.97 bits per heavy atom. The van der Waals surface area contributed by atoms with Gasteiger partial charge in [-0.3, -0.25) is 9.48 Å². The molecule has 4 fully saturated rings. The number of furan rings is 1. The monoisotopic (exact) mass is 422 g/mol. The summed E-state index contributed by atoms with van der Waals surface area (Å²) in [7, 11) is 0. The predicted octanol–water partition coefficient (Wildman–Crippen LogP) is 4.60. The summed E-state index contributed by atoms with van der Waals surface area (Å²) in [6, 6.07) is 5.83. The normalized spacial score (nSPS) is 29.4. The van der Waals surface area contributed by atoms with Crippen molar-refractivity contribution in [3.05, 3.63) is 48.0 Å². The highest BCUT2D eigenvalue weighted by molar-refractivity contribution is 7.13. The van der Waals surface area contributed by atoms with Gasteiger partial charge in [-0.15, -0.1) is 11.3 Å². The van der Waals surface area contributed by atoms with E-state index in [1.165, 1.54) is 19.3 Å². The van der Waals surface area contributed by atoms with E-state index >= 15 is 0 Å². The van der Waals surface area contributed by atoms with Gasteiger partial charge in [-0.2, -0.15) is 5.10 Å². The zero-order valence-corrected chi connectivity index (χ0v) is 17.8. The van der Waals surface area contributed by atoms with E-state index in [1.807, 2.05) is 29.8 Å². The van der Waals surface area contributed by atoms with Crippen molar-refractivity contribution >= 4 is 17.2 Å². The van der Waals surface area contributed by atoms with Crippen LogP contribution >= 0.6 is 11.3 Å². The van der Waals surface area contributed by atoms with Gasteiger partial charge in [0.25, 0.3) is 0 Å². The summed E-state index contributed by atoms with van der Waals surface area (Å²) >= 11 is 1.56. The van der Waals surface area contributed by atoms with Crippen molar-refractivity contribution in [1.82, 2.24) is 19.7 Å². The van der Waals surface area contributed by atoms with Crippen LogP contribution in [-0.2, 0) is 17.9 Å². The van der Waals surface area contributed by atoms with E-state index in [4.69, 9.17) is 4.42 Å². The molecule has 4 aliphatic rings. The molecule has 0 unspecified atom stereocenters. The molecule has 3 aromatic heterocycles. The van der Waals surface area contributed by atoms with E-state index in [0.717, 1.165) is 53.5 Å². The molecule has 0 radical (unpaired) electrons. The maximum atomic E-state index is 13.7. The molecule has 0 N–H and O–H groups in total. The third kappa shape index (κ3) is 3.20. The summed E-state index contributed by atoms with van der Waals surface area (Å²) in [4.78, 5) is 20.1. The molecule has 3 aromatic rings. The maximum Gasteiger partial charge on any atom is 0.245 e. The quantitative estimate of drug-likeness (QED) is 0.582. The molecule has 7 heteroatoms. The minimum atomic E-state index is -0.0100. The summed E-state index contributed by atoms with van der Waals surface area (Å²) in [6.45, 7) is 0.812. The third-order valence-corrected chi connectivity index (χ3v) is 8.16. The number of thiazole rings is 1. The van der Waals surface area contributed by atoms with Crippen LogP contribution in [-0.4, -0.2) is 31.1 Å². The van der Waals surface area contributed by atoms with Crippen molar-refractivity contribution in [3.63, 3.8) is 0 Å². The third-order valence-electron chi connectivity index (χ3n) is 7.36. The van der Waals surface area contributed by atoms with Gasteiger partial charge in [-0.25, -0.2) is 4.98 Å². The summed E-state index contributed by atoms with van der Waals surface area (Å²) in [6.07, 6.45) is 12.9. The second-order valence-corrected chi connectivity index (χ2v) is 10.3. The standard InChI is InChI=1S/C23H26N4O2S/c28-21(15-26-5-3-20(25-26)22-24-4-7-30-22)27(14-19-2-1-6-29-19)23-11-16-8-17(12-23)10-18(9-16)13-23/h1-7,16-18H,8-15H2. The average molecular weight is 423 g/mol. The Morgan fingerprint density at radius 3 is 2.60 bits per heavy atom. The molecule has 3 heterocycles. The van der Waals surface area contributed by atoms with Crippen LogP contribution in [0.15, 0.2) is 46.7 Å². The molecule has 4 aliphatic carbocycles. The van der Waals surface area contributed by atoms with Crippen molar-refractivity contribution < 1.29 is 9.21 Å². The minimum absolute atomic E-state index is 0.0100. The van der Waals surface area contributed by atoms with E-state index in [0.29, 0.717) is 6.54 Å². The second-order valence-electron chi connectivity index (χ2n) is 9.44. The van der Waals surface area contributed by atoms with E-state index in [2.05, 4.69) is 15.0 Å². The van der Waals surface area contributed by atoms with E-state index in [1.54, 1.807) is 28.5 Å². The van der Waals surface area contributed by atoms with Crippen molar-refractivity contribution in [2.75, 3.05) is 0 Å². The van der Waals surface area contributed by atoms with Crippen LogP contribution in [0.3, 0.4) is 0 Å². The van der Waals surface area contributed by atoms with Gasteiger partial charge in [0.1, 0.15) is 23.0 Å². The highest BCUT2D eigenvalue weighted by Crippen LogP contribution is 2.58. The Hall–Kier alpha value is -2.41. The molecule has 30 heavy (non-hydrogen) atoms. The number of rotatable bonds is 6. The fraction of sp³-hybridized carbons (Fsp3) is 0.522. The molecule has 156 valence electrons. The lowest BCUT2D eigenvalue weighted by molar-refractivity contribution is -0.153. The molecule has 4 bridgehead atoms. The lowest BCUT2D eigenvalue weighted by atomic mass is 9.52. The van der Waals surface area contributed by atoms with Crippen molar-refractivity contribution in [2.45, 2.75) is 57.2 Å². The number of nitrogens with zero attached hydrogens (tertiary/aromatic N) is 4. The van der Waals surface area contributed by atoms with Gasteiger partial charge in [0.05, 0.1) is 12.8 Å². The van der Waals surface area contributed by atoms with Crippen molar-refractivity contribution in [3.8, 4) is 10.7 Å². The van der Waals surface area contributed by atoms with Crippen LogP contribution in [0.1, 0.15) is 44.3 Å². The average Bonchev–Trinajstić information content (AvgIpc) is 3.47. The largest absolute Gasteiger partial charge is 0.467 e. The van der Waals surface area contributed by atoms with E-state index < -0.39 is 0 Å². The van der Waals surface area contributed by atoms with E-state index in [9.17, 15) is 4.79 Å². The summed E-state index contributed by atoms with van der Waals surface area (Å²) in [5.74, 6) is 3.35. The van der Waals surface area contributed by atoms with Gasteiger partial charge in [-0.05, 0) is 74.5 Å². The topological polar surface area (TPSA) is 64.2 Å². The highest BCUT2D eigenvalue weighted by Gasteiger charge is 2.54. The van der Waals surface area contributed by atoms with E-state index in [-0.39, 0.29) is 18.0 Å². The Labute approximate surface area is 179 Å². The van der Waals surface area contributed by atoms with Gasteiger partial charge in [-0.1, -0.05) is 0 Å². The number of hydrogen-bond donors (Lipinski definition) is 0. The Morgan fingerprint density at radius 1 is 1.20 bits per heavy atom. The molecule has 0 aromatic carbocycles. The summed E-state index contributed by atoms with van der Waals surface area (Å²) in [5, 5.41) is 7.44. The van der Waals surface area contributed by atoms with Gasteiger partial charge in [0, 0.05) is 23.3 Å². The molecule has 0 aliphatic heterocycles. The van der Waals surface area contributed by atoms with Crippen LogP contribution in [0.25, 0.3) is 10.7 Å². The van der Waals surface area contributed by atoms with Crippen LogP contribution < -0.4 is 0 Å². The summed E-state index contributed by atoms with van der Waals surface area (Å²) < 4.78 is 7.42. The lowest BCUT2D eigenvalue weighted by Crippen LogP contribution is -2.61. The molecule has 7 rings (SSSR count). The first-order chi connectivity index (χ1) is 14.7. The summed E-state index contributed by atoms with van der Waals surface area (Å²) in [5.41, 5.74) is 0.814. The smallest absolute Gasteiger partial charge is 0.245 e. The molecule has 0 spiro atoms. The van der Waals surface area contributed by atoms with Crippen LogP contribution in [0.2, 0.25) is 0 Å². The molecule has 4 saturated carbocycles. The lowest BCUT2D eigenvalue weighted by Gasteiger charge is -2.60. The Kier molecular flexibility index (Phi) is 4.33. The molecule has 0 saturated heterocycles. The Bertz CT molecular complexity index is 988. The van der Waals surface area contributed by atoms with Crippen LogP contribution in [0.4, 0.5) is 0 Å². The molecular weight excluding hydrogens is 396 g/mol. The minimum Gasteiger partial charge on any atom is -0.467 e. The zero-order valence-electron chi connectivity index (χ0n) is 16.9. The van der Waals surface area contributed by atoms with Crippen molar-refractivity contribution in [1.29, 1.82) is 0 Å². The number of aromatic nitrogens is 3. The zero-order chi connectivity index (χ0) is 20.1. The molecule has 1 amide bonds. The van der Waals surface area contributed by atoms with Crippen molar-refractivity contribution in [2.24, 2.45) is 17.8 Å². The highest BCUT2D eigenvalue weighted by atomic mass is 32.1. The first kappa shape index (κ1) is 18.4. The number of hydrogen-bond acceptors (Lipinski definition) is 5. The first-order valence-corrected chi connectivity index (χ1v) is 11.8. The number of carbonyl (C=O) groups excluding carboxylic acids is 1. The first-order valence-electron chi connectivity index (χ1n) is 10.9. The van der Waals surface area contributed by atoms with Crippen LogP contribution in [0.5, 0.6) is 0 Å². The van der Waals surface area contributed by atoms with Crippen LogP contribution in [0, 0.1) is 17.8 Å². The predicted molar refractivity (Wildman–Crippen MR) is 113 cm³/mol. The molecule has 6 nitrogen and oxygen atoms in total. The fourth-order valence-corrected chi connectivity index (χ4v) is 7.21. The van der Waals surface area contributed by atoms with Gasteiger partial charge >= 0.3 is 0 Å². The van der Waals surface area contributed by atoms with Gasteiger partial charge in [0.2, 0.25) is 5.91 Å². The van der Waals surface area contributed by atoms with Gasteiger partial charge in [0.15, 0.2) is 0 Å². The molecular formula is C23H26N4O2S. The fourth-order valence-electron chi connectivity index (χ4n) is 6.61. The second kappa shape index (κ2) is 7.08. The van der Waals surface area contributed by atoms with Gasteiger partial charge < -0.3 is 9.32 Å². The number of carbonyl (C=O) groups is 1. The molecule has 0 atom stereocenters. The Balaban J connectivity index is 1.28. The number of amides is 1. The maximum absolute atomic E-state index is 13.7.